The van der Waals surface area contributed by atoms with Crippen molar-refractivity contribution in [3.05, 3.63) is 50.7 Å². The zero-order valence-electron chi connectivity index (χ0n) is 10.9. The fraction of sp³-hybridized carbons (Fsp3) is 0.154. The summed E-state index contributed by atoms with van der Waals surface area (Å²) in [7, 11) is 0. The van der Waals surface area contributed by atoms with Crippen LogP contribution in [0.5, 0.6) is 0 Å². The highest BCUT2D eigenvalue weighted by Gasteiger charge is 2.10. The predicted octanol–water partition coefficient (Wildman–Crippen LogP) is 3.34. The molecule has 0 bridgehead atoms. The van der Waals surface area contributed by atoms with Crippen LogP contribution in [0.3, 0.4) is 0 Å². The summed E-state index contributed by atoms with van der Waals surface area (Å²) in [6, 6.07) is 4.76. The van der Waals surface area contributed by atoms with Crippen molar-refractivity contribution in [2.45, 2.75) is 13.5 Å². The van der Waals surface area contributed by atoms with Crippen molar-refractivity contribution in [2.75, 3.05) is 0 Å². The maximum atomic E-state index is 12.0. The third-order valence-corrected chi connectivity index (χ3v) is 4.45. The Labute approximate surface area is 134 Å². The van der Waals surface area contributed by atoms with E-state index in [4.69, 9.17) is 23.2 Å². The van der Waals surface area contributed by atoms with E-state index in [0.717, 1.165) is 15.7 Å². The van der Waals surface area contributed by atoms with Gasteiger partial charge in [0.1, 0.15) is 5.01 Å². The van der Waals surface area contributed by atoms with Crippen molar-refractivity contribution in [3.63, 3.8) is 0 Å². The van der Waals surface area contributed by atoms with Crippen LogP contribution in [-0.4, -0.2) is 20.5 Å². The van der Waals surface area contributed by atoms with Crippen LogP contribution in [0.25, 0.3) is 4.96 Å². The molecule has 8 heteroatoms. The van der Waals surface area contributed by atoms with Gasteiger partial charge < -0.3 is 5.32 Å². The Morgan fingerprint density at radius 2 is 2.19 bits per heavy atom. The predicted molar refractivity (Wildman–Crippen MR) is 83.2 cm³/mol. The van der Waals surface area contributed by atoms with Crippen molar-refractivity contribution in [1.29, 1.82) is 0 Å². The Morgan fingerprint density at radius 1 is 1.38 bits per heavy atom. The van der Waals surface area contributed by atoms with Crippen LogP contribution in [-0.2, 0) is 6.54 Å². The Morgan fingerprint density at radius 3 is 2.90 bits per heavy atom. The summed E-state index contributed by atoms with van der Waals surface area (Å²) >= 11 is 13.2. The summed E-state index contributed by atoms with van der Waals surface area (Å²) in [5, 5.41) is 8.69. The van der Waals surface area contributed by atoms with Crippen molar-refractivity contribution in [3.8, 4) is 0 Å². The van der Waals surface area contributed by atoms with Gasteiger partial charge >= 0.3 is 0 Å². The number of amides is 1. The van der Waals surface area contributed by atoms with Gasteiger partial charge in [-0.15, -0.1) is 0 Å². The number of hydrogen-bond donors (Lipinski definition) is 1. The molecule has 0 aliphatic heterocycles. The first-order valence-corrected chi connectivity index (χ1v) is 7.65. The largest absolute Gasteiger partial charge is 0.345 e. The Bertz CT molecular complexity index is 795. The van der Waals surface area contributed by atoms with Crippen LogP contribution >= 0.6 is 34.5 Å². The van der Waals surface area contributed by atoms with E-state index in [0.29, 0.717) is 22.2 Å². The molecule has 0 unspecified atom stereocenters. The van der Waals surface area contributed by atoms with Gasteiger partial charge in [-0.05, 0) is 25.1 Å². The standard InChI is InChI=1S/C13H10Cl2N4OS/c1-7-6-19-13(17-7)21-11(18-19)5-16-12(20)8-2-3-9(14)10(15)4-8/h2-4,6H,5H2,1H3,(H,16,20). The normalized spacial score (nSPS) is 11.0. The van der Waals surface area contributed by atoms with E-state index < -0.39 is 0 Å². The lowest BCUT2D eigenvalue weighted by Gasteiger charge is -2.04. The number of nitrogens with zero attached hydrogens (tertiary/aromatic N) is 3. The van der Waals surface area contributed by atoms with Gasteiger partial charge in [0.15, 0.2) is 0 Å². The van der Waals surface area contributed by atoms with Crippen molar-refractivity contribution < 1.29 is 4.79 Å². The van der Waals surface area contributed by atoms with Crippen molar-refractivity contribution in [2.24, 2.45) is 0 Å². The first-order chi connectivity index (χ1) is 10.0. The highest BCUT2D eigenvalue weighted by Crippen LogP contribution is 2.22. The topological polar surface area (TPSA) is 59.3 Å². The first kappa shape index (κ1) is 14.3. The van der Waals surface area contributed by atoms with Crippen molar-refractivity contribution in [1.82, 2.24) is 19.9 Å². The number of carbonyl (C=O) groups is 1. The van der Waals surface area contributed by atoms with Gasteiger partial charge in [0.2, 0.25) is 4.96 Å². The molecule has 0 aliphatic carbocycles. The lowest BCUT2D eigenvalue weighted by atomic mass is 10.2. The summed E-state index contributed by atoms with van der Waals surface area (Å²) in [5.74, 6) is -0.224. The average molecular weight is 341 g/mol. The molecule has 108 valence electrons. The average Bonchev–Trinajstić information content (AvgIpc) is 2.96. The summed E-state index contributed by atoms with van der Waals surface area (Å²) in [6.07, 6.45) is 1.84. The van der Waals surface area contributed by atoms with E-state index in [1.807, 2.05) is 13.1 Å². The minimum atomic E-state index is -0.224. The van der Waals surface area contributed by atoms with Crippen LogP contribution in [0.2, 0.25) is 10.0 Å². The summed E-state index contributed by atoms with van der Waals surface area (Å²) in [5.41, 5.74) is 1.38. The number of rotatable bonds is 3. The fourth-order valence-corrected chi connectivity index (χ4v) is 2.98. The van der Waals surface area contributed by atoms with E-state index in [2.05, 4.69) is 15.4 Å². The second-order valence-electron chi connectivity index (χ2n) is 4.42. The first-order valence-electron chi connectivity index (χ1n) is 6.08. The number of aryl methyl sites for hydroxylation is 1. The second kappa shape index (κ2) is 5.63. The number of halogens is 2. The van der Waals surface area contributed by atoms with Crippen LogP contribution in [0, 0.1) is 6.92 Å². The molecular formula is C13H10Cl2N4OS. The molecule has 1 aromatic carbocycles. The van der Waals surface area contributed by atoms with Gasteiger partial charge in [-0.25, -0.2) is 9.50 Å². The number of imidazole rings is 1. The molecule has 0 saturated heterocycles. The maximum absolute atomic E-state index is 12.0. The number of aromatic nitrogens is 3. The lowest BCUT2D eigenvalue weighted by Crippen LogP contribution is -2.22. The summed E-state index contributed by atoms with van der Waals surface area (Å²) in [4.78, 5) is 17.2. The highest BCUT2D eigenvalue weighted by atomic mass is 35.5. The summed E-state index contributed by atoms with van der Waals surface area (Å²) in [6.45, 7) is 2.25. The van der Waals surface area contributed by atoms with E-state index in [-0.39, 0.29) is 5.91 Å². The molecule has 2 heterocycles. The second-order valence-corrected chi connectivity index (χ2v) is 6.27. The molecule has 0 atom stereocenters. The number of benzene rings is 1. The minimum Gasteiger partial charge on any atom is -0.345 e. The maximum Gasteiger partial charge on any atom is 0.251 e. The Kier molecular flexibility index (Phi) is 3.84. The highest BCUT2D eigenvalue weighted by molar-refractivity contribution is 7.16. The van der Waals surface area contributed by atoms with E-state index in [1.54, 1.807) is 16.6 Å². The SMILES string of the molecule is Cc1cn2nc(CNC(=O)c3ccc(Cl)c(Cl)c3)sc2n1. The van der Waals surface area contributed by atoms with Gasteiger partial charge in [0.25, 0.3) is 5.91 Å². The smallest absolute Gasteiger partial charge is 0.251 e. The Hall–Kier alpha value is -1.63. The zero-order chi connectivity index (χ0) is 15.0. The molecule has 21 heavy (non-hydrogen) atoms. The summed E-state index contributed by atoms with van der Waals surface area (Å²) < 4.78 is 1.71. The number of hydrogen-bond acceptors (Lipinski definition) is 4. The molecule has 0 aliphatic rings. The molecule has 3 aromatic rings. The van der Waals surface area contributed by atoms with Crippen LogP contribution in [0.15, 0.2) is 24.4 Å². The van der Waals surface area contributed by atoms with Gasteiger partial charge in [-0.1, -0.05) is 34.5 Å². The third-order valence-electron chi connectivity index (χ3n) is 2.79. The van der Waals surface area contributed by atoms with Crippen LogP contribution in [0.4, 0.5) is 0 Å². The zero-order valence-corrected chi connectivity index (χ0v) is 13.3. The monoisotopic (exact) mass is 340 g/mol. The molecular weight excluding hydrogens is 331 g/mol. The van der Waals surface area contributed by atoms with Gasteiger partial charge in [0.05, 0.1) is 28.5 Å². The quantitative estimate of drug-likeness (QED) is 0.795. The molecule has 0 spiro atoms. The number of fused-ring (bicyclic) bond motifs is 1. The molecule has 0 radical (unpaired) electrons. The molecule has 5 nitrogen and oxygen atoms in total. The third kappa shape index (κ3) is 3.02. The molecule has 2 aromatic heterocycles. The number of carbonyl (C=O) groups excluding carboxylic acids is 1. The molecule has 0 fully saturated rings. The van der Waals surface area contributed by atoms with E-state index in [1.165, 1.54) is 17.4 Å². The van der Waals surface area contributed by atoms with Crippen molar-refractivity contribution >= 4 is 45.4 Å². The molecule has 1 N–H and O–H groups in total. The minimum absolute atomic E-state index is 0.224. The van der Waals surface area contributed by atoms with Gasteiger partial charge in [-0.3, -0.25) is 4.79 Å². The van der Waals surface area contributed by atoms with E-state index >= 15 is 0 Å². The van der Waals surface area contributed by atoms with Gasteiger partial charge in [0, 0.05) is 5.56 Å². The van der Waals surface area contributed by atoms with Gasteiger partial charge in [-0.2, -0.15) is 5.10 Å². The van der Waals surface area contributed by atoms with Crippen LogP contribution in [0.1, 0.15) is 21.1 Å². The molecule has 3 rings (SSSR count). The molecule has 0 saturated carbocycles. The fourth-order valence-electron chi connectivity index (χ4n) is 1.82. The Balaban J connectivity index is 1.69. The lowest BCUT2D eigenvalue weighted by molar-refractivity contribution is 0.0951. The molecule has 1 amide bonds. The number of nitrogens with one attached hydrogen (secondary N) is 1. The van der Waals surface area contributed by atoms with E-state index in [9.17, 15) is 4.79 Å². The van der Waals surface area contributed by atoms with Crippen LogP contribution < -0.4 is 5.32 Å².